The Bertz CT molecular complexity index is 739. The molecular formula is C21H25NO2. The molecule has 3 rings (SSSR count). The van der Waals surface area contributed by atoms with E-state index in [0.29, 0.717) is 5.92 Å². The highest BCUT2D eigenvalue weighted by Crippen LogP contribution is 2.33. The Balaban J connectivity index is 1.97. The van der Waals surface area contributed by atoms with Crippen molar-refractivity contribution in [1.82, 2.24) is 4.90 Å². The Hall–Kier alpha value is -2.13. The molecule has 0 spiro atoms. The van der Waals surface area contributed by atoms with Crippen molar-refractivity contribution in [3.63, 3.8) is 0 Å². The summed E-state index contributed by atoms with van der Waals surface area (Å²) in [4.78, 5) is 12.8. The summed E-state index contributed by atoms with van der Waals surface area (Å²) in [5.74, 6) is 0.329. The molecule has 3 heteroatoms. The zero-order chi connectivity index (χ0) is 17.1. The second kappa shape index (κ2) is 7.18. The molecule has 1 fully saturated rings. The Morgan fingerprint density at radius 2 is 2.04 bits per heavy atom. The Labute approximate surface area is 143 Å². The summed E-state index contributed by atoms with van der Waals surface area (Å²) < 4.78 is 0. The van der Waals surface area contributed by atoms with E-state index in [2.05, 4.69) is 50.2 Å². The fourth-order valence-electron chi connectivity index (χ4n) is 3.74. The van der Waals surface area contributed by atoms with Crippen LogP contribution in [0.1, 0.15) is 41.5 Å². The molecular weight excluding hydrogens is 298 g/mol. The first-order chi connectivity index (χ1) is 11.7. The van der Waals surface area contributed by atoms with E-state index in [1.807, 2.05) is 4.90 Å². The minimum Gasteiger partial charge on any atom is -0.392 e. The van der Waals surface area contributed by atoms with Crippen molar-refractivity contribution in [2.75, 3.05) is 13.1 Å². The highest BCUT2D eigenvalue weighted by molar-refractivity contribution is 5.69. The van der Waals surface area contributed by atoms with Crippen LogP contribution in [0, 0.1) is 6.92 Å². The molecule has 1 amide bonds. The summed E-state index contributed by atoms with van der Waals surface area (Å²) in [5, 5.41) is 9.86. The van der Waals surface area contributed by atoms with Crippen LogP contribution in [0.4, 0.5) is 0 Å². The molecule has 24 heavy (non-hydrogen) atoms. The highest BCUT2D eigenvalue weighted by Gasteiger charge is 2.24. The van der Waals surface area contributed by atoms with Gasteiger partial charge in [-0.05, 0) is 53.6 Å². The van der Waals surface area contributed by atoms with E-state index in [0.717, 1.165) is 43.5 Å². The first-order valence-corrected chi connectivity index (χ1v) is 8.69. The zero-order valence-corrected chi connectivity index (χ0v) is 14.5. The number of hydrogen-bond acceptors (Lipinski definition) is 2. The Kier molecular flexibility index (Phi) is 5.00. The summed E-state index contributed by atoms with van der Waals surface area (Å²) in [6.07, 6.45) is 2.88. The minimum absolute atomic E-state index is 0.0358. The number of benzene rings is 2. The van der Waals surface area contributed by atoms with Gasteiger partial charge in [0, 0.05) is 19.0 Å². The lowest BCUT2D eigenvalue weighted by Crippen LogP contribution is -2.17. The van der Waals surface area contributed by atoms with Gasteiger partial charge in [0.25, 0.3) is 0 Å². The fraction of sp³-hybridized carbons (Fsp3) is 0.381. The smallest absolute Gasteiger partial charge is 0.209 e. The monoisotopic (exact) mass is 323 g/mol. The topological polar surface area (TPSA) is 40.5 Å². The Morgan fingerprint density at radius 1 is 1.21 bits per heavy atom. The maximum atomic E-state index is 11.0. The summed E-state index contributed by atoms with van der Waals surface area (Å²) in [7, 11) is 0. The second-order valence-corrected chi connectivity index (χ2v) is 6.67. The molecule has 1 aliphatic rings. The molecule has 0 saturated carbocycles. The van der Waals surface area contributed by atoms with E-state index < -0.39 is 0 Å². The molecule has 1 aliphatic heterocycles. The summed E-state index contributed by atoms with van der Waals surface area (Å²) in [6.45, 7) is 5.88. The molecule has 1 N–H and O–H groups in total. The van der Waals surface area contributed by atoms with Crippen molar-refractivity contribution in [3.8, 4) is 11.1 Å². The highest BCUT2D eigenvalue weighted by atomic mass is 16.3. The molecule has 1 atom stereocenters. The van der Waals surface area contributed by atoms with Crippen molar-refractivity contribution in [2.24, 2.45) is 0 Å². The number of amides is 1. The van der Waals surface area contributed by atoms with Crippen LogP contribution < -0.4 is 0 Å². The quantitative estimate of drug-likeness (QED) is 0.853. The van der Waals surface area contributed by atoms with Crippen molar-refractivity contribution in [3.05, 3.63) is 58.7 Å². The van der Waals surface area contributed by atoms with Gasteiger partial charge in [0.1, 0.15) is 0 Å². The number of hydrogen-bond donors (Lipinski definition) is 1. The third-order valence-electron chi connectivity index (χ3n) is 5.07. The van der Waals surface area contributed by atoms with E-state index in [4.69, 9.17) is 0 Å². The van der Waals surface area contributed by atoms with Gasteiger partial charge in [-0.25, -0.2) is 0 Å². The molecule has 1 heterocycles. The minimum atomic E-state index is 0.0358. The van der Waals surface area contributed by atoms with Gasteiger partial charge in [-0.15, -0.1) is 0 Å². The van der Waals surface area contributed by atoms with Crippen molar-refractivity contribution < 1.29 is 9.90 Å². The molecule has 126 valence electrons. The predicted octanol–water partition coefficient (Wildman–Crippen LogP) is 3.66. The lowest BCUT2D eigenvalue weighted by Gasteiger charge is -2.17. The molecule has 0 aromatic heterocycles. The van der Waals surface area contributed by atoms with Crippen LogP contribution in [-0.2, 0) is 17.8 Å². The van der Waals surface area contributed by atoms with Crippen LogP contribution in [0.2, 0.25) is 0 Å². The first kappa shape index (κ1) is 16.7. The molecule has 3 nitrogen and oxygen atoms in total. The van der Waals surface area contributed by atoms with Gasteiger partial charge in [-0.2, -0.15) is 0 Å². The van der Waals surface area contributed by atoms with Gasteiger partial charge in [0.15, 0.2) is 0 Å². The second-order valence-electron chi connectivity index (χ2n) is 6.67. The number of nitrogens with zero attached hydrogens (tertiary/aromatic N) is 1. The number of carbonyl (C=O) groups excluding carboxylic acids is 1. The lowest BCUT2D eigenvalue weighted by molar-refractivity contribution is -0.117. The first-order valence-electron chi connectivity index (χ1n) is 8.69. The van der Waals surface area contributed by atoms with Crippen LogP contribution in [-0.4, -0.2) is 29.5 Å². The van der Waals surface area contributed by atoms with E-state index >= 15 is 0 Å². The number of likely N-dealkylation sites (tertiary alicyclic amines) is 1. The van der Waals surface area contributed by atoms with Gasteiger partial charge < -0.3 is 10.0 Å². The average molecular weight is 323 g/mol. The standard InChI is InChI=1S/C21H25NO2/c1-3-16-10-15(2)4-6-20(16)17-5-7-21(19(11-17)13-23)18-8-9-22(12-18)14-24/h4-7,10-11,14,18,23H,3,8-9,12-13H2,1-2H3. The van der Waals surface area contributed by atoms with Crippen LogP contribution >= 0.6 is 0 Å². The SMILES string of the molecule is CCc1cc(C)ccc1-c1ccc(C2CCN(C=O)C2)c(CO)c1. The molecule has 1 saturated heterocycles. The van der Waals surface area contributed by atoms with Gasteiger partial charge >= 0.3 is 0 Å². The fourth-order valence-corrected chi connectivity index (χ4v) is 3.74. The number of aryl methyl sites for hydroxylation is 2. The van der Waals surface area contributed by atoms with E-state index in [9.17, 15) is 9.90 Å². The number of rotatable bonds is 5. The van der Waals surface area contributed by atoms with Crippen molar-refractivity contribution >= 4 is 6.41 Å². The van der Waals surface area contributed by atoms with E-state index in [1.165, 1.54) is 22.3 Å². The lowest BCUT2D eigenvalue weighted by atomic mass is 9.89. The predicted molar refractivity (Wildman–Crippen MR) is 96.9 cm³/mol. The van der Waals surface area contributed by atoms with Gasteiger partial charge in [-0.1, -0.05) is 42.8 Å². The summed E-state index contributed by atoms with van der Waals surface area (Å²) in [5.41, 5.74) is 7.16. The maximum Gasteiger partial charge on any atom is 0.209 e. The number of carbonyl (C=O) groups is 1. The summed E-state index contributed by atoms with van der Waals surface area (Å²) in [6, 6.07) is 13.0. The number of aliphatic hydroxyl groups excluding tert-OH is 1. The molecule has 0 bridgehead atoms. The van der Waals surface area contributed by atoms with E-state index in [-0.39, 0.29) is 6.61 Å². The van der Waals surface area contributed by atoms with Crippen LogP contribution in [0.5, 0.6) is 0 Å². The average Bonchev–Trinajstić information content (AvgIpc) is 3.10. The van der Waals surface area contributed by atoms with E-state index in [1.54, 1.807) is 0 Å². The van der Waals surface area contributed by atoms with Crippen LogP contribution in [0.15, 0.2) is 36.4 Å². The normalized spacial score (nSPS) is 17.3. The molecule has 1 unspecified atom stereocenters. The van der Waals surface area contributed by atoms with Crippen molar-refractivity contribution in [1.29, 1.82) is 0 Å². The third-order valence-corrected chi connectivity index (χ3v) is 5.07. The molecule has 0 radical (unpaired) electrons. The molecule has 2 aromatic carbocycles. The number of aliphatic hydroxyl groups is 1. The Morgan fingerprint density at radius 3 is 2.71 bits per heavy atom. The largest absolute Gasteiger partial charge is 0.392 e. The van der Waals surface area contributed by atoms with Gasteiger partial charge in [-0.3, -0.25) is 4.79 Å². The van der Waals surface area contributed by atoms with Gasteiger partial charge in [0.05, 0.1) is 6.61 Å². The van der Waals surface area contributed by atoms with Crippen LogP contribution in [0.25, 0.3) is 11.1 Å². The third kappa shape index (κ3) is 3.22. The molecule has 0 aliphatic carbocycles. The molecule has 2 aromatic rings. The van der Waals surface area contributed by atoms with Crippen LogP contribution in [0.3, 0.4) is 0 Å². The summed E-state index contributed by atoms with van der Waals surface area (Å²) >= 11 is 0. The zero-order valence-electron chi connectivity index (χ0n) is 14.5. The van der Waals surface area contributed by atoms with Gasteiger partial charge in [0.2, 0.25) is 6.41 Å². The van der Waals surface area contributed by atoms with Crippen molar-refractivity contribution in [2.45, 2.75) is 39.2 Å². The maximum absolute atomic E-state index is 11.0.